The summed E-state index contributed by atoms with van der Waals surface area (Å²) in [7, 11) is 0. The molecule has 0 radical (unpaired) electrons. The van der Waals surface area contributed by atoms with Crippen molar-refractivity contribution in [3.8, 4) is 0 Å². The first-order valence-electron chi connectivity index (χ1n) is 10.5. The second-order valence-corrected chi connectivity index (χ2v) is 7.80. The number of carbonyl (C=O) groups is 5. The number of carboxylic acids is 2. The minimum Gasteiger partial charge on any atom is -0.481 e. The monoisotopic (exact) mass is 459 g/mol. The van der Waals surface area contributed by atoms with E-state index < -0.39 is 66.4 Å². The molecule has 0 aliphatic carbocycles. The third-order valence-corrected chi connectivity index (χ3v) is 5.18. The first-order valence-corrected chi connectivity index (χ1v) is 10.5. The number of carbonyl (C=O) groups excluding carboxylic acids is 3. The van der Waals surface area contributed by atoms with E-state index in [9.17, 15) is 34.2 Å². The number of hydrogen-bond acceptors (Lipinski definition) is 8. The predicted octanol–water partition coefficient (Wildman–Crippen LogP) is -2.66. The van der Waals surface area contributed by atoms with Crippen molar-refractivity contribution in [2.24, 2.45) is 11.5 Å². The number of nitrogens with two attached hydrogens (primary N) is 2. The third-order valence-electron chi connectivity index (χ3n) is 5.18. The average Bonchev–Trinajstić information content (AvgIpc) is 3.19. The van der Waals surface area contributed by atoms with Gasteiger partial charge in [-0.05, 0) is 39.2 Å². The van der Waals surface area contributed by atoms with Crippen molar-refractivity contribution in [2.45, 2.75) is 75.7 Å². The maximum atomic E-state index is 13.0. The number of likely N-dealkylation sites (tertiary alicyclic amines) is 1. The van der Waals surface area contributed by atoms with Gasteiger partial charge < -0.3 is 42.3 Å². The Labute approximate surface area is 185 Å². The van der Waals surface area contributed by atoms with Gasteiger partial charge in [-0.2, -0.15) is 0 Å². The van der Waals surface area contributed by atoms with Gasteiger partial charge in [0.25, 0.3) is 0 Å². The van der Waals surface area contributed by atoms with Gasteiger partial charge in [0.2, 0.25) is 17.7 Å². The quantitative estimate of drug-likeness (QED) is 0.141. The zero-order valence-electron chi connectivity index (χ0n) is 18.0. The molecule has 0 aromatic carbocycles. The van der Waals surface area contributed by atoms with Crippen LogP contribution in [0.2, 0.25) is 0 Å². The second-order valence-electron chi connectivity index (χ2n) is 7.80. The van der Waals surface area contributed by atoms with E-state index in [4.69, 9.17) is 16.6 Å². The number of carboxylic acid groups (broad SMARTS) is 2. The van der Waals surface area contributed by atoms with E-state index in [1.165, 1.54) is 6.92 Å². The van der Waals surface area contributed by atoms with Gasteiger partial charge in [-0.1, -0.05) is 6.42 Å². The summed E-state index contributed by atoms with van der Waals surface area (Å²) in [4.78, 5) is 61.6. The van der Waals surface area contributed by atoms with Crippen molar-refractivity contribution < 1.29 is 39.3 Å². The SMILES string of the molecule is CC(O)C(NC(=O)C1CCCN1C(=O)C(CC(=O)O)NC(=O)C(N)CCCCN)C(=O)O. The van der Waals surface area contributed by atoms with E-state index in [1.807, 2.05) is 0 Å². The molecule has 1 aliphatic rings. The molecule has 13 heteroatoms. The summed E-state index contributed by atoms with van der Waals surface area (Å²) in [6.07, 6.45) is 0.107. The molecule has 1 aliphatic heterocycles. The first kappa shape index (κ1) is 27.3. The number of nitrogens with zero attached hydrogens (tertiary/aromatic N) is 1. The summed E-state index contributed by atoms with van der Waals surface area (Å²) in [6, 6.07) is -5.03. The Hall–Kier alpha value is -2.77. The second kappa shape index (κ2) is 12.9. The molecule has 0 saturated carbocycles. The number of rotatable bonds is 13. The van der Waals surface area contributed by atoms with Crippen LogP contribution < -0.4 is 22.1 Å². The van der Waals surface area contributed by atoms with E-state index in [2.05, 4.69) is 10.6 Å². The summed E-state index contributed by atoms with van der Waals surface area (Å²) in [5.74, 6) is -5.04. The molecule has 0 aromatic heterocycles. The Morgan fingerprint density at radius 3 is 2.31 bits per heavy atom. The van der Waals surface area contributed by atoms with Crippen LogP contribution in [0.1, 0.15) is 45.4 Å². The van der Waals surface area contributed by atoms with Crippen LogP contribution in [0.15, 0.2) is 0 Å². The minimum atomic E-state index is -1.57. The van der Waals surface area contributed by atoms with E-state index in [0.717, 1.165) is 4.90 Å². The largest absolute Gasteiger partial charge is 0.481 e. The molecule has 13 nitrogen and oxygen atoms in total. The Kier molecular flexibility index (Phi) is 11.0. The van der Waals surface area contributed by atoms with E-state index >= 15 is 0 Å². The minimum absolute atomic E-state index is 0.123. The van der Waals surface area contributed by atoms with Gasteiger partial charge >= 0.3 is 11.9 Å². The lowest BCUT2D eigenvalue weighted by Crippen LogP contribution is -2.58. The summed E-state index contributed by atoms with van der Waals surface area (Å²) in [5, 5.41) is 32.4. The molecule has 0 bridgehead atoms. The number of aliphatic hydroxyl groups excluding tert-OH is 1. The number of aliphatic carboxylic acids is 2. The lowest BCUT2D eigenvalue weighted by molar-refractivity contribution is -0.148. The fourth-order valence-corrected chi connectivity index (χ4v) is 3.43. The van der Waals surface area contributed by atoms with E-state index in [-0.39, 0.29) is 13.0 Å². The van der Waals surface area contributed by atoms with Crippen LogP contribution in [0.5, 0.6) is 0 Å². The highest BCUT2D eigenvalue weighted by molar-refractivity contribution is 5.96. The summed E-state index contributed by atoms with van der Waals surface area (Å²) in [5.41, 5.74) is 11.2. The van der Waals surface area contributed by atoms with Crippen molar-refractivity contribution in [3.63, 3.8) is 0 Å². The van der Waals surface area contributed by atoms with Crippen LogP contribution in [0.3, 0.4) is 0 Å². The third kappa shape index (κ3) is 8.05. The lowest BCUT2D eigenvalue weighted by atomic mass is 10.1. The zero-order chi connectivity index (χ0) is 24.4. The van der Waals surface area contributed by atoms with Gasteiger partial charge in [-0.15, -0.1) is 0 Å². The van der Waals surface area contributed by atoms with E-state index in [0.29, 0.717) is 32.2 Å². The fraction of sp³-hybridized carbons (Fsp3) is 0.737. The molecule has 0 spiro atoms. The molecular weight excluding hydrogens is 426 g/mol. The van der Waals surface area contributed by atoms with Crippen LogP contribution >= 0.6 is 0 Å². The van der Waals surface area contributed by atoms with E-state index in [1.54, 1.807) is 0 Å². The van der Waals surface area contributed by atoms with Crippen LogP contribution in [0.25, 0.3) is 0 Å². The first-order chi connectivity index (χ1) is 15.0. The van der Waals surface area contributed by atoms with Crippen LogP contribution in [0.4, 0.5) is 0 Å². The summed E-state index contributed by atoms with van der Waals surface area (Å²) < 4.78 is 0. The summed E-state index contributed by atoms with van der Waals surface area (Å²) in [6.45, 7) is 1.76. The number of unbranched alkanes of at least 4 members (excludes halogenated alkanes) is 1. The molecule has 182 valence electrons. The smallest absolute Gasteiger partial charge is 0.328 e. The van der Waals surface area contributed by atoms with Crippen LogP contribution in [-0.2, 0) is 24.0 Å². The highest BCUT2D eigenvalue weighted by atomic mass is 16.4. The molecule has 5 atom stereocenters. The molecule has 9 N–H and O–H groups in total. The molecular formula is C19H33N5O8. The van der Waals surface area contributed by atoms with Gasteiger partial charge in [0, 0.05) is 6.54 Å². The van der Waals surface area contributed by atoms with Crippen molar-refractivity contribution in [3.05, 3.63) is 0 Å². The van der Waals surface area contributed by atoms with Crippen LogP contribution in [0, 0.1) is 0 Å². The molecule has 1 fully saturated rings. The number of hydrogen-bond donors (Lipinski definition) is 7. The molecule has 32 heavy (non-hydrogen) atoms. The molecule has 3 amide bonds. The predicted molar refractivity (Wildman–Crippen MR) is 111 cm³/mol. The van der Waals surface area contributed by atoms with Gasteiger partial charge in [-0.3, -0.25) is 19.2 Å². The Bertz CT molecular complexity index is 701. The molecule has 1 rings (SSSR count). The molecule has 1 heterocycles. The topological polar surface area (TPSA) is 225 Å². The lowest BCUT2D eigenvalue weighted by Gasteiger charge is -2.29. The van der Waals surface area contributed by atoms with Crippen molar-refractivity contribution in [1.29, 1.82) is 0 Å². The Morgan fingerprint density at radius 1 is 1.12 bits per heavy atom. The van der Waals surface area contributed by atoms with Crippen molar-refractivity contribution in [1.82, 2.24) is 15.5 Å². The molecule has 0 aromatic rings. The summed E-state index contributed by atoms with van der Waals surface area (Å²) >= 11 is 0. The molecule has 5 unspecified atom stereocenters. The van der Waals surface area contributed by atoms with Crippen LogP contribution in [-0.4, -0.2) is 93.2 Å². The van der Waals surface area contributed by atoms with Gasteiger partial charge in [0.05, 0.1) is 18.6 Å². The van der Waals surface area contributed by atoms with Gasteiger partial charge in [0.15, 0.2) is 6.04 Å². The maximum Gasteiger partial charge on any atom is 0.328 e. The molecule has 1 saturated heterocycles. The maximum absolute atomic E-state index is 13.0. The van der Waals surface area contributed by atoms with Crippen molar-refractivity contribution in [2.75, 3.05) is 13.1 Å². The Morgan fingerprint density at radius 2 is 1.78 bits per heavy atom. The van der Waals surface area contributed by atoms with Gasteiger partial charge in [0.1, 0.15) is 12.1 Å². The number of nitrogens with one attached hydrogen (secondary N) is 2. The standard InChI is InChI=1S/C19H33N5O8/c1-10(25)15(19(31)32)23-17(29)13-6-4-8-24(13)18(30)12(9-14(26)27)22-16(28)11(21)5-2-3-7-20/h10-13,15,25H,2-9,20-21H2,1H3,(H,22,28)(H,23,29)(H,26,27)(H,31,32). The average molecular weight is 460 g/mol. The van der Waals surface area contributed by atoms with Gasteiger partial charge in [-0.25, -0.2) is 4.79 Å². The highest BCUT2D eigenvalue weighted by Crippen LogP contribution is 2.20. The van der Waals surface area contributed by atoms with Crippen molar-refractivity contribution >= 4 is 29.7 Å². The highest BCUT2D eigenvalue weighted by Gasteiger charge is 2.40. The normalized spacial score (nSPS) is 19.5. The number of aliphatic hydroxyl groups is 1. The zero-order valence-corrected chi connectivity index (χ0v) is 18.0. The fourth-order valence-electron chi connectivity index (χ4n) is 3.43. The Balaban J connectivity index is 2.91. The number of amides is 3.